The highest BCUT2D eigenvalue weighted by Gasteiger charge is 2.09. The molecule has 23 heavy (non-hydrogen) atoms. The third kappa shape index (κ3) is 4.65. The summed E-state index contributed by atoms with van der Waals surface area (Å²) in [4.78, 5) is 20.0. The first-order chi connectivity index (χ1) is 11.0. The van der Waals surface area contributed by atoms with Crippen LogP contribution in [0.1, 0.15) is 0 Å². The lowest BCUT2D eigenvalue weighted by Crippen LogP contribution is -2.14. The Hall–Kier alpha value is -2.68. The SMILES string of the molecule is COc1ccc(NC(=O)CSc2nc(N)cc(N)n2)cc1OC. The number of hydrogen-bond donors (Lipinski definition) is 3. The zero-order chi connectivity index (χ0) is 16.8. The molecule has 0 unspecified atom stereocenters. The molecule has 0 atom stereocenters. The molecule has 9 heteroatoms. The van der Waals surface area contributed by atoms with Gasteiger partial charge in [-0.05, 0) is 12.1 Å². The second-order valence-electron chi connectivity index (χ2n) is 4.41. The van der Waals surface area contributed by atoms with E-state index in [9.17, 15) is 4.79 Å². The summed E-state index contributed by atoms with van der Waals surface area (Å²) in [5.74, 6) is 1.55. The van der Waals surface area contributed by atoms with Gasteiger partial charge >= 0.3 is 0 Å². The Bertz CT molecular complexity index is 691. The van der Waals surface area contributed by atoms with Gasteiger partial charge in [0.25, 0.3) is 0 Å². The summed E-state index contributed by atoms with van der Waals surface area (Å²) >= 11 is 1.14. The van der Waals surface area contributed by atoms with Gasteiger partial charge in [-0.1, -0.05) is 11.8 Å². The second-order valence-corrected chi connectivity index (χ2v) is 5.35. The summed E-state index contributed by atoms with van der Waals surface area (Å²) in [6.07, 6.45) is 0. The van der Waals surface area contributed by atoms with Crippen LogP contribution in [0.5, 0.6) is 11.5 Å². The molecule has 1 aromatic heterocycles. The minimum Gasteiger partial charge on any atom is -0.493 e. The van der Waals surface area contributed by atoms with Crippen molar-refractivity contribution < 1.29 is 14.3 Å². The fourth-order valence-electron chi connectivity index (χ4n) is 1.77. The molecule has 1 aromatic carbocycles. The number of rotatable bonds is 6. The van der Waals surface area contributed by atoms with Crippen LogP contribution in [0.15, 0.2) is 29.4 Å². The number of nitrogens with two attached hydrogens (primary N) is 2. The molecule has 0 bridgehead atoms. The van der Waals surface area contributed by atoms with Crippen LogP contribution in [0.25, 0.3) is 0 Å². The van der Waals surface area contributed by atoms with Crippen LogP contribution in [-0.4, -0.2) is 35.8 Å². The Labute approximate surface area is 137 Å². The predicted molar refractivity (Wildman–Crippen MR) is 89.8 cm³/mol. The maximum Gasteiger partial charge on any atom is 0.234 e. The van der Waals surface area contributed by atoms with Crippen molar-refractivity contribution >= 4 is 35.0 Å². The minimum atomic E-state index is -0.216. The van der Waals surface area contributed by atoms with E-state index < -0.39 is 0 Å². The third-order valence-corrected chi connectivity index (χ3v) is 3.59. The van der Waals surface area contributed by atoms with Crippen LogP contribution < -0.4 is 26.3 Å². The van der Waals surface area contributed by atoms with Crippen LogP contribution in [0.3, 0.4) is 0 Å². The van der Waals surface area contributed by atoms with Crippen molar-refractivity contribution in [3.05, 3.63) is 24.3 Å². The number of nitrogens with zero attached hydrogens (tertiary/aromatic N) is 2. The van der Waals surface area contributed by atoms with E-state index in [-0.39, 0.29) is 23.3 Å². The molecule has 0 aliphatic heterocycles. The number of benzene rings is 1. The molecule has 1 heterocycles. The fourth-order valence-corrected chi connectivity index (χ4v) is 2.44. The monoisotopic (exact) mass is 335 g/mol. The van der Waals surface area contributed by atoms with Crippen molar-refractivity contribution in [2.24, 2.45) is 0 Å². The summed E-state index contributed by atoms with van der Waals surface area (Å²) in [6.45, 7) is 0. The van der Waals surface area contributed by atoms with Gasteiger partial charge in [0.05, 0.1) is 20.0 Å². The van der Waals surface area contributed by atoms with Crippen LogP contribution in [-0.2, 0) is 4.79 Å². The number of anilines is 3. The zero-order valence-corrected chi connectivity index (χ0v) is 13.5. The van der Waals surface area contributed by atoms with E-state index in [2.05, 4.69) is 15.3 Å². The molecule has 0 aliphatic rings. The predicted octanol–water partition coefficient (Wildman–Crippen LogP) is 1.39. The Kier molecular flexibility index (Phi) is 5.47. The highest BCUT2D eigenvalue weighted by Crippen LogP contribution is 2.29. The number of carbonyl (C=O) groups excluding carboxylic acids is 1. The Morgan fingerprint density at radius 3 is 2.39 bits per heavy atom. The normalized spacial score (nSPS) is 10.2. The second kappa shape index (κ2) is 7.54. The average molecular weight is 335 g/mol. The van der Waals surface area contributed by atoms with Gasteiger partial charge < -0.3 is 26.3 Å². The first-order valence-corrected chi connectivity index (χ1v) is 7.55. The Balaban J connectivity index is 1.97. The molecule has 2 aromatic rings. The number of thioether (sulfide) groups is 1. The smallest absolute Gasteiger partial charge is 0.234 e. The van der Waals surface area contributed by atoms with Gasteiger partial charge in [0.2, 0.25) is 5.91 Å². The standard InChI is InChI=1S/C14H17N5O3S/c1-21-9-4-3-8(5-10(9)22-2)17-13(20)7-23-14-18-11(15)6-12(16)19-14/h3-6H,7H2,1-2H3,(H,17,20)(H4,15,16,18,19). The molecular formula is C14H17N5O3S. The van der Waals surface area contributed by atoms with Gasteiger partial charge in [-0.25, -0.2) is 9.97 Å². The van der Waals surface area contributed by atoms with Crippen LogP contribution >= 0.6 is 11.8 Å². The van der Waals surface area contributed by atoms with Gasteiger partial charge in [0.1, 0.15) is 11.6 Å². The lowest BCUT2D eigenvalue weighted by atomic mass is 10.2. The van der Waals surface area contributed by atoms with Crippen molar-refractivity contribution in [3.8, 4) is 11.5 Å². The van der Waals surface area contributed by atoms with Crippen LogP contribution in [0.2, 0.25) is 0 Å². The zero-order valence-electron chi connectivity index (χ0n) is 12.7. The third-order valence-electron chi connectivity index (χ3n) is 2.74. The maximum atomic E-state index is 12.0. The van der Waals surface area contributed by atoms with E-state index in [1.54, 1.807) is 25.3 Å². The molecule has 0 radical (unpaired) electrons. The summed E-state index contributed by atoms with van der Waals surface area (Å²) in [5, 5.41) is 3.11. The Morgan fingerprint density at radius 1 is 1.13 bits per heavy atom. The summed E-state index contributed by atoms with van der Waals surface area (Å²) < 4.78 is 10.3. The van der Waals surface area contributed by atoms with Gasteiger partial charge in [-0.3, -0.25) is 4.79 Å². The van der Waals surface area contributed by atoms with E-state index in [0.29, 0.717) is 22.3 Å². The summed E-state index contributed by atoms with van der Waals surface area (Å²) in [5.41, 5.74) is 11.8. The van der Waals surface area contributed by atoms with E-state index in [1.165, 1.54) is 13.2 Å². The lowest BCUT2D eigenvalue weighted by molar-refractivity contribution is -0.113. The molecular weight excluding hydrogens is 318 g/mol. The Morgan fingerprint density at radius 2 is 1.78 bits per heavy atom. The van der Waals surface area contributed by atoms with E-state index in [4.69, 9.17) is 20.9 Å². The van der Waals surface area contributed by atoms with Gasteiger partial charge in [-0.2, -0.15) is 0 Å². The average Bonchev–Trinajstić information content (AvgIpc) is 2.52. The number of carbonyl (C=O) groups is 1. The molecule has 0 saturated heterocycles. The fraction of sp³-hybridized carbons (Fsp3) is 0.214. The highest BCUT2D eigenvalue weighted by molar-refractivity contribution is 7.99. The van der Waals surface area contributed by atoms with Crippen molar-refractivity contribution in [3.63, 3.8) is 0 Å². The van der Waals surface area contributed by atoms with Crippen LogP contribution in [0, 0.1) is 0 Å². The number of amides is 1. The van der Waals surface area contributed by atoms with Crippen molar-refractivity contribution in [2.45, 2.75) is 5.16 Å². The first kappa shape index (κ1) is 16.7. The molecule has 1 amide bonds. The van der Waals surface area contributed by atoms with Crippen molar-refractivity contribution in [1.82, 2.24) is 9.97 Å². The summed E-state index contributed by atoms with van der Waals surface area (Å²) in [7, 11) is 3.07. The largest absolute Gasteiger partial charge is 0.493 e. The lowest BCUT2D eigenvalue weighted by Gasteiger charge is -2.10. The number of aromatic nitrogens is 2. The highest BCUT2D eigenvalue weighted by atomic mass is 32.2. The molecule has 0 fully saturated rings. The molecule has 122 valence electrons. The maximum absolute atomic E-state index is 12.0. The van der Waals surface area contributed by atoms with E-state index in [1.807, 2.05) is 0 Å². The molecule has 0 saturated carbocycles. The van der Waals surface area contributed by atoms with Gasteiger partial charge in [0, 0.05) is 17.8 Å². The first-order valence-electron chi connectivity index (χ1n) is 6.56. The van der Waals surface area contributed by atoms with Gasteiger partial charge in [-0.15, -0.1) is 0 Å². The quantitative estimate of drug-likeness (QED) is 0.534. The topological polar surface area (TPSA) is 125 Å². The minimum absolute atomic E-state index is 0.122. The number of nitrogen functional groups attached to an aromatic ring is 2. The molecule has 0 aliphatic carbocycles. The van der Waals surface area contributed by atoms with Crippen LogP contribution in [0.4, 0.5) is 17.3 Å². The molecule has 5 N–H and O–H groups in total. The van der Waals surface area contributed by atoms with E-state index in [0.717, 1.165) is 11.8 Å². The number of hydrogen-bond acceptors (Lipinski definition) is 8. The number of ether oxygens (including phenoxy) is 2. The molecule has 2 rings (SSSR count). The van der Waals surface area contributed by atoms with Crippen molar-refractivity contribution in [2.75, 3.05) is 36.8 Å². The van der Waals surface area contributed by atoms with Gasteiger partial charge in [0.15, 0.2) is 16.7 Å². The summed E-state index contributed by atoms with van der Waals surface area (Å²) in [6, 6.07) is 6.56. The molecule has 8 nitrogen and oxygen atoms in total. The van der Waals surface area contributed by atoms with Crippen molar-refractivity contribution in [1.29, 1.82) is 0 Å². The number of methoxy groups -OCH3 is 2. The van der Waals surface area contributed by atoms with E-state index >= 15 is 0 Å². The molecule has 0 spiro atoms. The number of nitrogens with one attached hydrogen (secondary N) is 1.